The fourth-order valence-corrected chi connectivity index (χ4v) is 1.49. The van der Waals surface area contributed by atoms with Gasteiger partial charge in [-0.25, -0.2) is 9.97 Å². The summed E-state index contributed by atoms with van der Waals surface area (Å²) in [7, 11) is 3.83. The third-order valence-corrected chi connectivity index (χ3v) is 2.00. The van der Waals surface area contributed by atoms with Gasteiger partial charge in [-0.05, 0) is 21.0 Å². The summed E-state index contributed by atoms with van der Waals surface area (Å²) in [6, 6.07) is 1.63. The molecule has 0 spiro atoms. The first-order chi connectivity index (χ1) is 7.39. The molecule has 0 aliphatic heterocycles. The molecule has 1 rings (SSSR count). The van der Waals surface area contributed by atoms with E-state index in [9.17, 15) is 5.11 Å². The van der Waals surface area contributed by atoms with Crippen LogP contribution in [0.25, 0.3) is 0 Å². The lowest BCUT2D eigenvalue weighted by Crippen LogP contribution is -2.43. The van der Waals surface area contributed by atoms with Crippen LogP contribution >= 0.6 is 0 Å². The molecule has 0 radical (unpaired) electrons. The summed E-state index contributed by atoms with van der Waals surface area (Å²) in [6.45, 7) is 2.74. The minimum Gasteiger partial charge on any atom is -0.387 e. The number of nitrogen functional groups attached to an aromatic ring is 1. The van der Waals surface area contributed by atoms with Crippen molar-refractivity contribution in [3.05, 3.63) is 12.4 Å². The average molecular weight is 225 g/mol. The summed E-state index contributed by atoms with van der Waals surface area (Å²) >= 11 is 0. The van der Waals surface area contributed by atoms with Gasteiger partial charge in [0.1, 0.15) is 18.0 Å². The topological polar surface area (TPSA) is 87.3 Å². The predicted molar refractivity (Wildman–Crippen MR) is 64.1 cm³/mol. The van der Waals surface area contributed by atoms with Crippen molar-refractivity contribution >= 4 is 11.6 Å². The van der Waals surface area contributed by atoms with E-state index in [4.69, 9.17) is 5.73 Å². The van der Waals surface area contributed by atoms with E-state index >= 15 is 0 Å². The van der Waals surface area contributed by atoms with E-state index in [-0.39, 0.29) is 0 Å². The Bertz CT molecular complexity index is 340. The SMILES string of the molecule is CN(C)CC(C)(O)CNc1cc(N)ncn1. The molecule has 1 aromatic rings. The fourth-order valence-electron chi connectivity index (χ4n) is 1.49. The van der Waals surface area contributed by atoms with E-state index in [1.807, 2.05) is 19.0 Å². The van der Waals surface area contributed by atoms with Crippen LogP contribution in [0.3, 0.4) is 0 Å². The molecule has 90 valence electrons. The zero-order chi connectivity index (χ0) is 12.2. The van der Waals surface area contributed by atoms with Gasteiger partial charge in [0.2, 0.25) is 0 Å². The first-order valence-electron chi connectivity index (χ1n) is 5.07. The normalized spacial score (nSPS) is 14.8. The van der Waals surface area contributed by atoms with Crippen molar-refractivity contribution in [3.63, 3.8) is 0 Å². The fraction of sp³-hybridized carbons (Fsp3) is 0.600. The highest BCUT2D eigenvalue weighted by Crippen LogP contribution is 2.09. The Hall–Kier alpha value is -1.40. The zero-order valence-electron chi connectivity index (χ0n) is 9.94. The number of nitrogens with two attached hydrogens (primary N) is 1. The highest BCUT2D eigenvalue weighted by atomic mass is 16.3. The van der Waals surface area contributed by atoms with Crippen LogP contribution in [-0.4, -0.2) is 52.8 Å². The molecule has 0 saturated heterocycles. The van der Waals surface area contributed by atoms with Crippen LogP contribution < -0.4 is 11.1 Å². The summed E-state index contributed by atoms with van der Waals surface area (Å²) in [5.74, 6) is 1.02. The zero-order valence-corrected chi connectivity index (χ0v) is 9.94. The molecule has 1 aromatic heterocycles. The third-order valence-electron chi connectivity index (χ3n) is 2.00. The van der Waals surface area contributed by atoms with Gasteiger partial charge in [0, 0.05) is 19.2 Å². The Labute approximate surface area is 95.5 Å². The van der Waals surface area contributed by atoms with Crippen molar-refractivity contribution in [2.75, 3.05) is 38.2 Å². The molecule has 0 fully saturated rings. The van der Waals surface area contributed by atoms with Crippen molar-refractivity contribution in [2.24, 2.45) is 0 Å². The molecule has 6 heteroatoms. The van der Waals surface area contributed by atoms with Crippen molar-refractivity contribution in [3.8, 4) is 0 Å². The summed E-state index contributed by atoms with van der Waals surface area (Å²) in [5, 5.41) is 13.1. The number of hydrogen-bond donors (Lipinski definition) is 3. The van der Waals surface area contributed by atoms with E-state index in [1.54, 1.807) is 13.0 Å². The maximum absolute atomic E-state index is 10.0. The Morgan fingerprint density at radius 3 is 2.75 bits per heavy atom. The molecule has 0 aliphatic rings. The van der Waals surface area contributed by atoms with Crippen LogP contribution in [0.1, 0.15) is 6.92 Å². The van der Waals surface area contributed by atoms with Crippen LogP contribution in [0.4, 0.5) is 11.6 Å². The molecule has 6 nitrogen and oxygen atoms in total. The number of aromatic nitrogens is 2. The number of likely N-dealkylation sites (N-methyl/N-ethyl adjacent to an activating group) is 1. The lowest BCUT2D eigenvalue weighted by Gasteiger charge is -2.27. The average Bonchev–Trinajstić information content (AvgIpc) is 2.13. The van der Waals surface area contributed by atoms with Gasteiger partial charge in [0.05, 0.1) is 5.60 Å². The molecule has 0 saturated carbocycles. The van der Waals surface area contributed by atoms with Crippen LogP contribution in [0, 0.1) is 0 Å². The van der Waals surface area contributed by atoms with Gasteiger partial charge in [-0.1, -0.05) is 0 Å². The largest absolute Gasteiger partial charge is 0.387 e. The molecule has 1 heterocycles. The number of nitrogens with zero attached hydrogens (tertiary/aromatic N) is 3. The highest BCUT2D eigenvalue weighted by Gasteiger charge is 2.21. The molecular weight excluding hydrogens is 206 g/mol. The van der Waals surface area contributed by atoms with Gasteiger partial charge in [-0.3, -0.25) is 0 Å². The second-order valence-electron chi connectivity index (χ2n) is 4.42. The maximum atomic E-state index is 10.0. The monoisotopic (exact) mass is 225 g/mol. The lowest BCUT2D eigenvalue weighted by atomic mass is 10.1. The molecule has 4 N–H and O–H groups in total. The molecule has 0 amide bonds. The predicted octanol–water partition coefficient (Wildman–Crippen LogP) is -0.217. The number of aliphatic hydroxyl groups is 1. The van der Waals surface area contributed by atoms with Crippen LogP contribution in [0.15, 0.2) is 12.4 Å². The van der Waals surface area contributed by atoms with Gasteiger partial charge in [0.15, 0.2) is 0 Å². The van der Waals surface area contributed by atoms with Gasteiger partial charge in [-0.15, -0.1) is 0 Å². The molecular formula is C10H19N5O. The third kappa shape index (κ3) is 4.41. The highest BCUT2D eigenvalue weighted by molar-refractivity contribution is 5.43. The Morgan fingerprint density at radius 2 is 2.19 bits per heavy atom. The summed E-state index contributed by atoms with van der Waals surface area (Å²) in [5.41, 5.74) is 4.70. The van der Waals surface area contributed by atoms with Crippen LogP contribution in [0.2, 0.25) is 0 Å². The van der Waals surface area contributed by atoms with Crippen LogP contribution in [0.5, 0.6) is 0 Å². The summed E-state index contributed by atoms with van der Waals surface area (Å²) < 4.78 is 0. The summed E-state index contributed by atoms with van der Waals surface area (Å²) in [6.07, 6.45) is 1.39. The molecule has 0 bridgehead atoms. The Morgan fingerprint density at radius 1 is 1.50 bits per heavy atom. The smallest absolute Gasteiger partial charge is 0.131 e. The van der Waals surface area contributed by atoms with E-state index in [0.29, 0.717) is 24.7 Å². The van der Waals surface area contributed by atoms with E-state index in [0.717, 1.165) is 0 Å². The van der Waals surface area contributed by atoms with Crippen LogP contribution in [-0.2, 0) is 0 Å². The van der Waals surface area contributed by atoms with Gasteiger partial charge in [0.25, 0.3) is 0 Å². The molecule has 0 aliphatic carbocycles. The van der Waals surface area contributed by atoms with Gasteiger partial charge >= 0.3 is 0 Å². The van der Waals surface area contributed by atoms with E-state index in [2.05, 4.69) is 15.3 Å². The first kappa shape index (κ1) is 12.7. The molecule has 0 aromatic carbocycles. The van der Waals surface area contributed by atoms with Crippen molar-refractivity contribution in [1.82, 2.24) is 14.9 Å². The Balaban J connectivity index is 2.50. The quantitative estimate of drug-likeness (QED) is 0.642. The van der Waals surface area contributed by atoms with Gasteiger partial charge < -0.3 is 21.1 Å². The number of hydrogen-bond acceptors (Lipinski definition) is 6. The number of anilines is 2. The molecule has 1 atom stereocenters. The van der Waals surface area contributed by atoms with Gasteiger partial charge in [-0.2, -0.15) is 0 Å². The standard InChI is InChI=1S/C10H19N5O/c1-10(16,6-15(2)3)5-12-9-4-8(11)13-7-14-9/h4,7,16H,5-6H2,1-3H3,(H3,11,12,13,14). The van der Waals surface area contributed by atoms with Crippen molar-refractivity contribution < 1.29 is 5.11 Å². The first-order valence-corrected chi connectivity index (χ1v) is 5.07. The van der Waals surface area contributed by atoms with E-state index in [1.165, 1.54) is 6.33 Å². The van der Waals surface area contributed by atoms with E-state index < -0.39 is 5.60 Å². The second kappa shape index (κ2) is 5.09. The Kier molecular flexibility index (Phi) is 4.03. The second-order valence-corrected chi connectivity index (χ2v) is 4.42. The number of nitrogens with one attached hydrogen (secondary N) is 1. The van der Waals surface area contributed by atoms with Crippen molar-refractivity contribution in [2.45, 2.75) is 12.5 Å². The minimum atomic E-state index is -0.816. The minimum absolute atomic E-state index is 0.404. The maximum Gasteiger partial charge on any atom is 0.131 e. The number of rotatable bonds is 5. The molecule has 16 heavy (non-hydrogen) atoms. The summed E-state index contributed by atoms with van der Waals surface area (Å²) in [4.78, 5) is 9.71. The lowest BCUT2D eigenvalue weighted by molar-refractivity contribution is 0.0459. The van der Waals surface area contributed by atoms with Crippen molar-refractivity contribution in [1.29, 1.82) is 0 Å². The molecule has 1 unspecified atom stereocenters.